The fraction of sp³-hybridized carbons (Fsp3) is 0.800. The second-order valence-electron chi connectivity index (χ2n) is 8.78. The Morgan fingerprint density at radius 3 is 2.33 bits per heavy atom. The molecule has 3 aliphatic rings. The van der Waals surface area contributed by atoms with Crippen LogP contribution in [0.1, 0.15) is 44.1 Å². The molecule has 3 saturated heterocycles. The zero-order valence-corrected chi connectivity index (χ0v) is 18.9. The number of aromatic nitrogens is 1. The standard InChI is InChI=1S/C20H32N4O5S/c1-15-19(16(2)29-21-15)30(26,27)24-7-5-20(6-8-24)14-18(4-13-28-20)23-11-9-22(10-12-23)17(3)25/h18H,4-14H2,1-3H3. The lowest BCUT2D eigenvalue weighted by Gasteiger charge is -2.49. The molecule has 1 unspecified atom stereocenters. The minimum absolute atomic E-state index is 0.143. The van der Waals surface area contributed by atoms with Gasteiger partial charge in [-0.05, 0) is 39.5 Å². The van der Waals surface area contributed by atoms with E-state index in [4.69, 9.17) is 9.26 Å². The Morgan fingerprint density at radius 2 is 1.77 bits per heavy atom. The highest BCUT2D eigenvalue weighted by molar-refractivity contribution is 7.89. The second kappa shape index (κ2) is 8.22. The number of rotatable bonds is 3. The summed E-state index contributed by atoms with van der Waals surface area (Å²) in [4.78, 5) is 16.2. The van der Waals surface area contributed by atoms with E-state index in [-0.39, 0.29) is 16.4 Å². The Balaban J connectivity index is 1.39. The first-order valence-corrected chi connectivity index (χ1v) is 12.2. The van der Waals surface area contributed by atoms with E-state index in [9.17, 15) is 13.2 Å². The van der Waals surface area contributed by atoms with Crippen LogP contribution >= 0.6 is 0 Å². The minimum Gasteiger partial charge on any atom is -0.375 e. The molecule has 1 aromatic rings. The van der Waals surface area contributed by atoms with Gasteiger partial charge in [-0.3, -0.25) is 9.69 Å². The number of sulfonamides is 1. The summed E-state index contributed by atoms with van der Waals surface area (Å²) in [6, 6.07) is 0.429. The molecule has 1 spiro atoms. The van der Waals surface area contributed by atoms with Crippen molar-refractivity contribution in [1.82, 2.24) is 19.3 Å². The van der Waals surface area contributed by atoms with Crippen LogP contribution in [0.2, 0.25) is 0 Å². The van der Waals surface area contributed by atoms with E-state index < -0.39 is 10.0 Å². The summed E-state index contributed by atoms with van der Waals surface area (Å²) >= 11 is 0. The van der Waals surface area contributed by atoms with Gasteiger partial charge in [-0.15, -0.1) is 0 Å². The molecule has 0 bridgehead atoms. The van der Waals surface area contributed by atoms with Crippen molar-refractivity contribution in [2.45, 2.75) is 63.0 Å². The maximum Gasteiger partial charge on any atom is 0.248 e. The van der Waals surface area contributed by atoms with Gasteiger partial charge >= 0.3 is 0 Å². The number of piperidine rings is 1. The Morgan fingerprint density at radius 1 is 1.10 bits per heavy atom. The summed E-state index contributed by atoms with van der Waals surface area (Å²) in [5.74, 6) is 0.483. The molecule has 0 N–H and O–H groups in total. The Bertz CT molecular complexity index is 864. The van der Waals surface area contributed by atoms with Crippen LogP contribution in [0.3, 0.4) is 0 Å². The molecule has 30 heavy (non-hydrogen) atoms. The van der Waals surface area contributed by atoms with Crippen LogP contribution in [0.4, 0.5) is 0 Å². The smallest absolute Gasteiger partial charge is 0.248 e. The minimum atomic E-state index is -3.61. The summed E-state index contributed by atoms with van der Waals surface area (Å²) < 4.78 is 39.1. The van der Waals surface area contributed by atoms with Crippen molar-refractivity contribution >= 4 is 15.9 Å². The van der Waals surface area contributed by atoms with Gasteiger partial charge in [-0.1, -0.05) is 5.16 Å². The largest absolute Gasteiger partial charge is 0.375 e. The Hall–Kier alpha value is -1.49. The third kappa shape index (κ3) is 4.02. The SMILES string of the molecule is CC(=O)N1CCN(C2CCOC3(CCN(S(=O)(=O)c4c(C)noc4C)CC3)C2)CC1. The van der Waals surface area contributed by atoms with Crippen molar-refractivity contribution in [2.75, 3.05) is 45.9 Å². The number of carbonyl (C=O) groups is 1. The maximum absolute atomic E-state index is 13.1. The third-order valence-electron chi connectivity index (χ3n) is 6.94. The molecule has 1 atom stereocenters. The van der Waals surface area contributed by atoms with Crippen LogP contribution in [-0.2, 0) is 19.6 Å². The number of hydrogen-bond acceptors (Lipinski definition) is 7. The van der Waals surface area contributed by atoms with E-state index in [1.54, 1.807) is 25.1 Å². The molecule has 3 aliphatic heterocycles. The molecule has 0 saturated carbocycles. The van der Waals surface area contributed by atoms with E-state index in [1.807, 2.05) is 4.90 Å². The van der Waals surface area contributed by atoms with Crippen LogP contribution in [0.5, 0.6) is 0 Å². The molecule has 0 aromatic carbocycles. The molecule has 0 aliphatic carbocycles. The van der Waals surface area contributed by atoms with Crippen molar-refractivity contribution in [3.8, 4) is 0 Å². The van der Waals surface area contributed by atoms with E-state index >= 15 is 0 Å². The number of hydrogen-bond donors (Lipinski definition) is 0. The highest BCUT2D eigenvalue weighted by Crippen LogP contribution is 2.38. The number of ether oxygens (including phenoxy) is 1. The molecule has 4 rings (SSSR count). The topological polar surface area (TPSA) is 96.2 Å². The molecule has 3 fully saturated rings. The summed E-state index contributed by atoms with van der Waals surface area (Å²) in [6.45, 7) is 9.87. The van der Waals surface area contributed by atoms with Gasteiger partial charge in [0.1, 0.15) is 10.6 Å². The first kappa shape index (κ1) is 21.7. The summed E-state index contributed by atoms with van der Waals surface area (Å²) in [5.41, 5.74) is 0.150. The van der Waals surface area contributed by atoms with Crippen LogP contribution in [0, 0.1) is 13.8 Å². The third-order valence-corrected chi connectivity index (χ3v) is 9.09. The number of aryl methyl sites for hydroxylation is 2. The number of carbonyl (C=O) groups excluding carboxylic acids is 1. The fourth-order valence-electron chi connectivity index (χ4n) is 5.17. The summed E-state index contributed by atoms with van der Waals surface area (Å²) in [7, 11) is -3.61. The van der Waals surface area contributed by atoms with Gasteiger partial charge in [0.05, 0.1) is 5.60 Å². The fourth-order valence-corrected chi connectivity index (χ4v) is 6.90. The van der Waals surface area contributed by atoms with Crippen LogP contribution in [-0.4, -0.2) is 91.1 Å². The van der Waals surface area contributed by atoms with Gasteiger partial charge in [0.15, 0.2) is 5.76 Å². The predicted molar refractivity (Wildman–Crippen MR) is 110 cm³/mol. The summed E-state index contributed by atoms with van der Waals surface area (Å²) in [5, 5.41) is 3.80. The van der Waals surface area contributed by atoms with Crippen LogP contribution in [0.15, 0.2) is 9.42 Å². The van der Waals surface area contributed by atoms with Gasteiger partial charge in [0, 0.05) is 58.8 Å². The van der Waals surface area contributed by atoms with E-state index in [0.717, 1.165) is 39.0 Å². The lowest BCUT2D eigenvalue weighted by Crippen LogP contribution is -2.57. The molecule has 9 nitrogen and oxygen atoms in total. The van der Waals surface area contributed by atoms with E-state index in [2.05, 4.69) is 10.1 Å². The zero-order valence-electron chi connectivity index (χ0n) is 18.1. The zero-order chi connectivity index (χ0) is 21.5. The molecular weight excluding hydrogens is 408 g/mol. The van der Waals surface area contributed by atoms with Crippen molar-refractivity contribution in [3.05, 3.63) is 11.5 Å². The predicted octanol–water partition coefficient (Wildman–Crippen LogP) is 1.16. The monoisotopic (exact) mass is 440 g/mol. The molecule has 1 amide bonds. The van der Waals surface area contributed by atoms with E-state index in [0.29, 0.717) is 50.0 Å². The maximum atomic E-state index is 13.1. The first-order valence-electron chi connectivity index (χ1n) is 10.8. The summed E-state index contributed by atoms with van der Waals surface area (Å²) in [6.07, 6.45) is 3.30. The second-order valence-corrected chi connectivity index (χ2v) is 10.7. The van der Waals surface area contributed by atoms with Crippen molar-refractivity contribution < 1.29 is 22.5 Å². The van der Waals surface area contributed by atoms with Gasteiger partial charge < -0.3 is 14.2 Å². The van der Waals surface area contributed by atoms with Gasteiger partial charge in [0.2, 0.25) is 15.9 Å². The molecule has 168 valence electrons. The molecule has 1 aromatic heterocycles. The first-order chi connectivity index (χ1) is 14.2. The Kier molecular flexibility index (Phi) is 5.95. The lowest BCUT2D eigenvalue weighted by atomic mass is 9.82. The molecular formula is C20H32N4O5S. The van der Waals surface area contributed by atoms with Crippen LogP contribution in [0.25, 0.3) is 0 Å². The average Bonchev–Trinajstić information content (AvgIpc) is 3.07. The number of nitrogens with zero attached hydrogens (tertiary/aromatic N) is 4. The van der Waals surface area contributed by atoms with Gasteiger partial charge in [-0.2, -0.15) is 4.31 Å². The molecule has 4 heterocycles. The van der Waals surface area contributed by atoms with Crippen molar-refractivity contribution in [1.29, 1.82) is 0 Å². The molecule has 10 heteroatoms. The van der Waals surface area contributed by atoms with Crippen molar-refractivity contribution in [3.63, 3.8) is 0 Å². The number of amides is 1. The highest BCUT2D eigenvalue weighted by atomic mass is 32.2. The highest BCUT2D eigenvalue weighted by Gasteiger charge is 2.45. The van der Waals surface area contributed by atoms with Gasteiger partial charge in [-0.25, -0.2) is 8.42 Å². The molecule has 0 radical (unpaired) electrons. The van der Waals surface area contributed by atoms with Gasteiger partial charge in [0.25, 0.3) is 0 Å². The van der Waals surface area contributed by atoms with E-state index in [1.165, 1.54) is 0 Å². The number of piperazine rings is 1. The Labute approximate surface area is 178 Å². The van der Waals surface area contributed by atoms with Crippen molar-refractivity contribution in [2.24, 2.45) is 0 Å². The van der Waals surface area contributed by atoms with Crippen LogP contribution < -0.4 is 0 Å². The average molecular weight is 441 g/mol. The normalized spacial score (nSPS) is 26.2. The quantitative estimate of drug-likeness (QED) is 0.696. The lowest BCUT2D eigenvalue weighted by molar-refractivity contribution is -0.138.